The van der Waals surface area contributed by atoms with Gasteiger partial charge in [0.15, 0.2) is 0 Å². The number of nitrogens with zero attached hydrogens (tertiary/aromatic N) is 1. The van der Waals surface area contributed by atoms with E-state index >= 15 is 0 Å². The summed E-state index contributed by atoms with van der Waals surface area (Å²) in [5, 5.41) is 8.95. The molecule has 84 valence electrons. The first kappa shape index (κ1) is 9.64. The molecular weight excluding hydrogens is 190 g/mol. The Bertz CT molecular complexity index is 275. The molecule has 3 rings (SSSR count). The smallest absolute Gasteiger partial charge is 0.317 e. The number of hydrogen-bond acceptors (Lipinski definition) is 2. The first-order valence-electron chi connectivity index (χ1n) is 6.21. The average molecular weight is 209 g/mol. The molecule has 1 N–H and O–H groups in total. The van der Waals surface area contributed by atoms with Gasteiger partial charge in [0.05, 0.1) is 6.54 Å². The predicted octanol–water partition coefficient (Wildman–Crippen LogP) is 1.72. The van der Waals surface area contributed by atoms with E-state index in [1.807, 2.05) is 0 Å². The molecule has 0 heterocycles. The summed E-state index contributed by atoms with van der Waals surface area (Å²) in [5.74, 6) is 1.08. The van der Waals surface area contributed by atoms with Crippen LogP contribution < -0.4 is 0 Å². The second-order valence-corrected chi connectivity index (χ2v) is 5.54. The van der Waals surface area contributed by atoms with E-state index in [4.69, 9.17) is 5.11 Å². The van der Waals surface area contributed by atoms with Crippen LogP contribution in [0, 0.1) is 11.8 Å². The monoisotopic (exact) mass is 209 g/mol. The van der Waals surface area contributed by atoms with Gasteiger partial charge in [0.25, 0.3) is 0 Å². The number of aliphatic carboxylic acids is 1. The molecule has 2 bridgehead atoms. The highest BCUT2D eigenvalue weighted by molar-refractivity contribution is 5.69. The summed E-state index contributed by atoms with van der Waals surface area (Å²) in [6.07, 6.45) is 7.83. The van der Waals surface area contributed by atoms with Crippen molar-refractivity contribution in [2.24, 2.45) is 11.8 Å². The lowest BCUT2D eigenvalue weighted by Crippen LogP contribution is -2.43. The fourth-order valence-corrected chi connectivity index (χ4v) is 3.70. The Morgan fingerprint density at radius 3 is 2.47 bits per heavy atom. The molecule has 0 aromatic rings. The van der Waals surface area contributed by atoms with Crippen LogP contribution in [0.25, 0.3) is 0 Å². The Morgan fingerprint density at radius 2 is 2.00 bits per heavy atom. The van der Waals surface area contributed by atoms with Crippen molar-refractivity contribution in [3.63, 3.8) is 0 Å². The Kier molecular flexibility index (Phi) is 2.23. The number of rotatable bonds is 4. The van der Waals surface area contributed by atoms with Gasteiger partial charge < -0.3 is 5.11 Å². The lowest BCUT2D eigenvalue weighted by Gasteiger charge is -2.33. The highest BCUT2D eigenvalue weighted by Crippen LogP contribution is 2.48. The molecule has 3 fully saturated rings. The molecular formula is C12H19NO2. The number of carboxylic acid groups (broad SMARTS) is 1. The van der Waals surface area contributed by atoms with Crippen LogP contribution in [0.5, 0.6) is 0 Å². The summed E-state index contributed by atoms with van der Waals surface area (Å²) < 4.78 is 0. The van der Waals surface area contributed by atoms with Gasteiger partial charge in [-0.05, 0) is 43.9 Å². The van der Waals surface area contributed by atoms with Crippen molar-refractivity contribution < 1.29 is 9.90 Å². The van der Waals surface area contributed by atoms with Crippen LogP contribution in [0.1, 0.15) is 38.5 Å². The summed E-state index contributed by atoms with van der Waals surface area (Å²) in [4.78, 5) is 13.2. The number of carboxylic acids is 1. The number of carbonyl (C=O) groups is 1. The maximum absolute atomic E-state index is 10.9. The van der Waals surface area contributed by atoms with Crippen LogP contribution in [0.4, 0.5) is 0 Å². The summed E-state index contributed by atoms with van der Waals surface area (Å²) in [6.45, 7) is 0.276. The second kappa shape index (κ2) is 3.48. The minimum absolute atomic E-state index is 0.276. The summed E-state index contributed by atoms with van der Waals surface area (Å²) in [5.41, 5.74) is 0. The molecule has 3 aliphatic carbocycles. The van der Waals surface area contributed by atoms with Crippen LogP contribution in [0.15, 0.2) is 0 Å². The van der Waals surface area contributed by atoms with Crippen LogP contribution in [0.3, 0.4) is 0 Å². The van der Waals surface area contributed by atoms with Crippen LogP contribution >= 0.6 is 0 Å². The van der Waals surface area contributed by atoms with E-state index in [2.05, 4.69) is 4.90 Å². The topological polar surface area (TPSA) is 40.5 Å². The van der Waals surface area contributed by atoms with E-state index in [9.17, 15) is 4.79 Å². The molecule has 0 aromatic heterocycles. The molecule has 0 aromatic carbocycles. The molecule has 0 spiro atoms. The van der Waals surface area contributed by atoms with Gasteiger partial charge in [-0.1, -0.05) is 6.42 Å². The molecule has 3 aliphatic rings. The average Bonchev–Trinajstić information content (AvgIpc) is 2.82. The van der Waals surface area contributed by atoms with Crippen molar-refractivity contribution in [2.45, 2.75) is 50.6 Å². The fourth-order valence-electron chi connectivity index (χ4n) is 3.70. The molecule has 0 radical (unpaired) electrons. The molecule has 3 unspecified atom stereocenters. The van der Waals surface area contributed by atoms with Gasteiger partial charge in [0.1, 0.15) is 0 Å². The van der Waals surface area contributed by atoms with Crippen molar-refractivity contribution in [3.05, 3.63) is 0 Å². The first-order valence-corrected chi connectivity index (χ1v) is 6.21. The maximum Gasteiger partial charge on any atom is 0.317 e. The van der Waals surface area contributed by atoms with Crippen LogP contribution in [-0.4, -0.2) is 34.6 Å². The largest absolute Gasteiger partial charge is 0.480 e. The zero-order valence-corrected chi connectivity index (χ0v) is 9.06. The van der Waals surface area contributed by atoms with Gasteiger partial charge in [0, 0.05) is 12.1 Å². The van der Waals surface area contributed by atoms with E-state index in [1.165, 1.54) is 38.5 Å². The molecule has 3 atom stereocenters. The zero-order chi connectivity index (χ0) is 10.4. The third-order valence-electron chi connectivity index (χ3n) is 4.46. The molecule has 3 nitrogen and oxygen atoms in total. The SMILES string of the molecule is O=C(O)CN(C1CC1)C1CC2CCC1C2. The molecule has 0 aliphatic heterocycles. The second-order valence-electron chi connectivity index (χ2n) is 5.54. The van der Waals surface area contributed by atoms with Gasteiger partial charge in [-0.3, -0.25) is 9.69 Å². The highest BCUT2D eigenvalue weighted by Gasteiger charge is 2.46. The van der Waals surface area contributed by atoms with E-state index in [0.717, 1.165) is 11.8 Å². The van der Waals surface area contributed by atoms with Crippen molar-refractivity contribution >= 4 is 5.97 Å². The standard InChI is InChI=1S/C12H19NO2/c14-12(15)7-13(10-3-4-10)11-6-8-1-2-9(11)5-8/h8-11H,1-7H2,(H,14,15). The summed E-state index contributed by atoms with van der Waals surface area (Å²) in [6, 6.07) is 1.21. The molecule has 0 saturated heterocycles. The van der Waals surface area contributed by atoms with Gasteiger partial charge >= 0.3 is 5.97 Å². The lowest BCUT2D eigenvalue weighted by atomic mass is 9.94. The van der Waals surface area contributed by atoms with Crippen molar-refractivity contribution in [2.75, 3.05) is 6.54 Å². The van der Waals surface area contributed by atoms with Crippen molar-refractivity contribution in [3.8, 4) is 0 Å². The minimum Gasteiger partial charge on any atom is -0.480 e. The molecule has 15 heavy (non-hydrogen) atoms. The Morgan fingerprint density at radius 1 is 1.20 bits per heavy atom. The molecule has 3 heteroatoms. The number of hydrogen-bond donors (Lipinski definition) is 1. The fraction of sp³-hybridized carbons (Fsp3) is 0.917. The minimum atomic E-state index is -0.648. The van der Waals surface area contributed by atoms with Crippen LogP contribution in [0.2, 0.25) is 0 Å². The zero-order valence-electron chi connectivity index (χ0n) is 9.06. The lowest BCUT2D eigenvalue weighted by molar-refractivity contribution is -0.139. The maximum atomic E-state index is 10.9. The van der Waals surface area contributed by atoms with Gasteiger partial charge in [-0.15, -0.1) is 0 Å². The third kappa shape index (κ3) is 1.78. The number of fused-ring (bicyclic) bond motifs is 2. The van der Waals surface area contributed by atoms with Gasteiger partial charge in [-0.2, -0.15) is 0 Å². The van der Waals surface area contributed by atoms with E-state index < -0.39 is 5.97 Å². The van der Waals surface area contributed by atoms with E-state index in [-0.39, 0.29) is 6.54 Å². The van der Waals surface area contributed by atoms with Crippen LogP contribution in [-0.2, 0) is 4.79 Å². The molecule has 3 saturated carbocycles. The first-order chi connectivity index (χ1) is 7.24. The molecule has 0 amide bonds. The normalized spacial score (nSPS) is 38.9. The quantitative estimate of drug-likeness (QED) is 0.766. The van der Waals surface area contributed by atoms with E-state index in [1.54, 1.807) is 0 Å². The third-order valence-corrected chi connectivity index (χ3v) is 4.46. The summed E-state index contributed by atoms with van der Waals surface area (Å²) in [7, 11) is 0. The Hall–Kier alpha value is -0.570. The predicted molar refractivity (Wildman–Crippen MR) is 56.6 cm³/mol. The van der Waals surface area contributed by atoms with Crippen molar-refractivity contribution in [1.82, 2.24) is 4.90 Å². The van der Waals surface area contributed by atoms with Gasteiger partial charge in [-0.25, -0.2) is 0 Å². The van der Waals surface area contributed by atoms with Gasteiger partial charge in [0.2, 0.25) is 0 Å². The van der Waals surface area contributed by atoms with E-state index in [0.29, 0.717) is 12.1 Å². The highest BCUT2D eigenvalue weighted by atomic mass is 16.4. The Labute approximate surface area is 90.5 Å². The summed E-state index contributed by atoms with van der Waals surface area (Å²) >= 11 is 0. The van der Waals surface area contributed by atoms with Crippen molar-refractivity contribution in [1.29, 1.82) is 0 Å². The Balaban J connectivity index is 1.69.